The molecule has 0 unspecified atom stereocenters. The first-order valence-corrected chi connectivity index (χ1v) is 8.14. The third-order valence-electron chi connectivity index (χ3n) is 3.25. The van der Waals surface area contributed by atoms with Crippen LogP contribution in [0.15, 0.2) is 28.3 Å². The standard InChI is InChI=1S/C14H13ClN4O2S/c15-8-4-5-11(16-6-8)18-12(20)7-22-14-17-10-3-1-2-9(10)13(21)19-14/h4-6H,1-3,7H2,(H,16,18,20)(H,17,19,21). The second-order valence-electron chi connectivity index (χ2n) is 4.85. The van der Waals surface area contributed by atoms with Crippen LogP contribution in [0.25, 0.3) is 0 Å². The topological polar surface area (TPSA) is 87.7 Å². The van der Waals surface area contributed by atoms with Crippen LogP contribution < -0.4 is 10.9 Å². The molecule has 0 bridgehead atoms. The number of thioether (sulfide) groups is 1. The number of nitrogens with zero attached hydrogens (tertiary/aromatic N) is 2. The number of carbonyl (C=O) groups excluding carboxylic acids is 1. The Bertz CT molecular complexity index is 760. The van der Waals surface area contributed by atoms with E-state index in [1.54, 1.807) is 12.1 Å². The van der Waals surface area contributed by atoms with E-state index in [4.69, 9.17) is 11.6 Å². The Labute approximate surface area is 135 Å². The lowest BCUT2D eigenvalue weighted by molar-refractivity contribution is -0.113. The van der Waals surface area contributed by atoms with E-state index in [9.17, 15) is 9.59 Å². The molecule has 8 heteroatoms. The number of nitrogens with one attached hydrogen (secondary N) is 2. The summed E-state index contributed by atoms with van der Waals surface area (Å²) in [6.45, 7) is 0. The molecule has 0 aromatic carbocycles. The Morgan fingerprint density at radius 1 is 1.41 bits per heavy atom. The molecule has 22 heavy (non-hydrogen) atoms. The number of rotatable bonds is 4. The number of amides is 1. The van der Waals surface area contributed by atoms with E-state index in [1.165, 1.54) is 18.0 Å². The molecule has 2 aromatic heterocycles. The van der Waals surface area contributed by atoms with Crippen molar-refractivity contribution in [2.24, 2.45) is 0 Å². The average molecular weight is 337 g/mol. The fourth-order valence-electron chi connectivity index (χ4n) is 2.25. The Balaban J connectivity index is 1.60. The second kappa shape index (κ2) is 6.50. The fraction of sp³-hybridized carbons (Fsp3) is 0.286. The van der Waals surface area contributed by atoms with Crippen LogP contribution in [0.1, 0.15) is 17.7 Å². The predicted octanol–water partition coefficient (Wildman–Crippen LogP) is 2.04. The lowest BCUT2D eigenvalue weighted by atomic mass is 10.3. The number of anilines is 1. The second-order valence-corrected chi connectivity index (χ2v) is 6.25. The van der Waals surface area contributed by atoms with Crippen LogP contribution in [0.2, 0.25) is 5.02 Å². The van der Waals surface area contributed by atoms with Gasteiger partial charge in [0.2, 0.25) is 5.91 Å². The molecule has 0 aliphatic heterocycles. The normalized spacial score (nSPS) is 13.0. The number of hydrogen-bond acceptors (Lipinski definition) is 5. The van der Waals surface area contributed by atoms with Crippen LogP contribution in [-0.4, -0.2) is 26.6 Å². The molecule has 0 fully saturated rings. The summed E-state index contributed by atoms with van der Waals surface area (Å²) < 4.78 is 0. The van der Waals surface area contributed by atoms with Gasteiger partial charge in [0.25, 0.3) is 5.56 Å². The van der Waals surface area contributed by atoms with Crippen molar-refractivity contribution in [3.63, 3.8) is 0 Å². The molecule has 1 aliphatic carbocycles. The monoisotopic (exact) mass is 336 g/mol. The number of aromatic nitrogens is 3. The van der Waals surface area contributed by atoms with Gasteiger partial charge in [-0.05, 0) is 31.4 Å². The van der Waals surface area contributed by atoms with Crippen LogP contribution in [0.3, 0.4) is 0 Å². The summed E-state index contributed by atoms with van der Waals surface area (Å²) in [6.07, 6.45) is 4.03. The van der Waals surface area contributed by atoms with Gasteiger partial charge < -0.3 is 10.3 Å². The minimum Gasteiger partial charge on any atom is -0.310 e. The van der Waals surface area contributed by atoms with E-state index in [1.807, 2.05) is 0 Å². The molecule has 0 saturated carbocycles. The SMILES string of the molecule is O=C(CSc1nc2c(c(=O)[nH]1)CCC2)Nc1ccc(Cl)cn1. The van der Waals surface area contributed by atoms with E-state index >= 15 is 0 Å². The molecule has 114 valence electrons. The molecule has 3 rings (SSSR count). The van der Waals surface area contributed by atoms with Crippen molar-refractivity contribution in [2.45, 2.75) is 24.4 Å². The van der Waals surface area contributed by atoms with Gasteiger partial charge in [0.1, 0.15) is 5.82 Å². The third kappa shape index (κ3) is 3.48. The van der Waals surface area contributed by atoms with Crippen LogP contribution in [0.5, 0.6) is 0 Å². The number of hydrogen-bond donors (Lipinski definition) is 2. The maximum atomic E-state index is 11.9. The van der Waals surface area contributed by atoms with Crippen LogP contribution in [-0.2, 0) is 17.6 Å². The molecule has 2 heterocycles. The number of H-pyrrole nitrogens is 1. The fourth-order valence-corrected chi connectivity index (χ4v) is 3.04. The number of fused-ring (bicyclic) bond motifs is 1. The number of halogens is 1. The van der Waals surface area contributed by atoms with Crippen LogP contribution >= 0.6 is 23.4 Å². The zero-order valence-electron chi connectivity index (χ0n) is 11.6. The summed E-state index contributed by atoms with van der Waals surface area (Å²) in [5.41, 5.74) is 1.54. The summed E-state index contributed by atoms with van der Waals surface area (Å²) >= 11 is 6.93. The van der Waals surface area contributed by atoms with Gasteiger partial charge in [0.15, 0.2) is 5.16 Å². The van der Waals surface area contributed by atoms with Crippen molar-refractivity contribution in [3.05, 3.63) is 45.0 Å². The maximum absolute atomic E-state index is 11.9. The number of aryl methyl sites for hydroxylation is 1. The van der Waals surface area contributed by atoms with Gasteiger partial charge in [-0.15, -0.1) is 0 Å². The zero-order chi connectivity index (χ0) is 15.5. The van der Waals surface area contributed by atoms with E-state index in [0.717, 1.165) is 30.5 Å². The van der Waals surface area contributed by atoms with Gasteiger partial charge in [0.05, 0.1) is 16.5 Å². The van der Waals surface area contributed by atoms with Gasteiger partial charge in [0, 0.05) is 11.8 Å². The number of aromatic amines is 1. The van der Waals surface area contributed by atoms with Crippen molar-refractivity contribution in [1.29, 1.82) is 0 Å². The molecule has 0 saturated heterocycles. The minimum absolute atomic E-state index is 0.0928. The molecule has 1 aliphatic rings. The largest absolute Gasteiger partial charge is 0.310 e. The highest BCUT2D eigenvalue weighted by atomic mass is 35.5. The molecular formula is C14H13ClN4O2S. The smallest absolute Gasteiger partial charge is 0.254 e. The highest BCUT2D eigenvalue weighted by molar-refractivity contribution is 7.99. The highest BCUT2D eigenvalue weighted by Crippen LogP contribution is 2.19. The lowest BCUT2D eigenvalue weighted by Gasteiger charge is -2.05. The number of carbonyl (C=O) groups is 1. The first-order chi connectivity index (χ1) is 10.6. The summed E-state index contributed by atoms with van der Waals surface area (Å²) in [7, 11) is 0. The van der Waals surface area contributed by atoms with Crippen LogP contribution in [0, 0.1) is 0 Å². The van der Waals surface area contributed by atoms with Crippen molar-refractivity contribution in [2.75, 3.05) is 11.1 Å². The minimum atomic E-state index is -0.219. The summed E-state index contributed by atoms with van der Waals surface area (Å²) in [5.74, 6) is 0.361. The van der Waals surface area contributed by atoms with E-state index in [-0.39, 0.29) is 17.2 Å². The summed E-state index contributed by atoms with van der Waals surface area (Å²) in [5, 5.41) is 3.64. The van der Waals surface area contributed by atoms with Crippen molar-refractivity contribution >= 4 is 35.1 Å². The van der Waals surface area contributed by atoms with Gasteiger partial charge in [-0.2, -0.15) is 0 Å². The van der Waals surface area contributed by atoms with Crippen molar-refractivity contribution in [3.8, 4) is 0 Å². The van der Waals surface area contributed by atoms with Crippen molar-refractivity contribution in [1.82, 2.24) is 15.0 Å². The Hall–Kier alpha value is -1.86. The molecule has 1 amide bonds. The molecule has 0 spiro atoms. The Kier molecular flexibility index (Phi) is 4.44. The average Bonchev–Trinajstić information content (AvgIpc) is 2.97. The van der Waals surface area contributed by atoms with Gasteiger partial charge in [-0.25, -0.2) is 9.97 Å². The molecular weight excluding hydrogens is 324 g/mol. The Morgan fingerprint density at radius 3 is 3.05 bits per heavy atom. The third-order valence-corrected chi connectivity index (χ3v) is 4.35. The van der Waals surface area contributed by atoms with Gasteiger partial charge >= 0.3 is 0 Å². The molecule has 0 radical (unpaired) electrons. The van der Waals surface area contributed by atoms with E-state index < -0.39 is 0 Å². The zero-order valence-corrected chi connectivity index (χ0v) is 13.1. The first-order valence-electron chi connectivity index (χ1n) is 6.78. The first kappa shape index (κ1) is 15.1. The predicted molar refractivity (Wildman–Crippen MR) is 85.5 cm³/mol. The van der Waals surface area contributed by atoms with Crippen molar-refractivity contribution < 1.29 is 4.79 Å². The molecule has 0 atom stereocenters. The number of pyridine rings is 1. The molecule has 6 nitrogen and oxygen atoms in total. The molecule has 2 aromatic rings. The summed E-state index contributed by atoms with van der Waals surface area (Å²) in [4.78, 5) is 34.8. The Morgan fingerprint density at radius 2 is 2.27 bits per heavy atom. The quantitative estimate of drug-likeness (QED) is 0.659. The van der Waals surface area contributed by atoms with E-state index in [0.29, 0.717) is 16.0 Å². The lowest BCUT2D eigenvalue weighted by Crippen LogP contribution is -2.18. The van der Waals surface area contributed by atoms with Gasteiger partial charge in [-0.3, -0.25) is 9.59 Å². The van der Waals surface area contributed by atoms with Gasteiger partial charge in [-0.1, -0.05) is 23.4 Å². The summed E-state index contributed by atoms with van der Waals surface area (Å²) in [6, 6.07) is 3.28. The van der Waals surface area contributed by atoms with E-state index in [2.05, 4.69) is 20.3 Å². The highest BCUT2D eigenvalue weighted by Gasteiger charge is 2.17. The van der Waals surface area contributed by atoms with Crippen LogP contribution in [0.4, 0.5) is 5.82 Å². The molecule has 2 N–H and O–H groups in total. The maximum Gasteiger partial charge on any atom is 0.254 e.